The average molecular weight is 319 g/mol. The second kappa shape index (κ2) is 5.24. The van der Waals surface area contributed by atoms with Crippen molar-refractivity contribution in [1.29, 1.82) is 0 Å². The number of anilines is 2. The highest BCUT2D eigenvalue weighted by atomic mass is 35.5. The van der Waals surface area contributed by atoms with E-state index in [1.165, 1.54) is 0 Å². The zero-order valence-corrected chi connectivity index (χ0v) is 13.6. The first-order valence-electron chi connectivity index (χ1n) is 6.57. The van der Waals surface area contributed by atoms with Crippen LogP contribution in [0.25, 0.3) is 10.2 Å². The zero-order valence-electron chi connectivity index (χ0n) is 12.0. The lowest BCUT2D eigenvalue weighted by Crippen LogP contribution is -2.16. The van der Waals surface area contributed by atoms with Crippen LogP contribution in [0.15, 0.2) is 29.8 Å². The molecule has 3 aromatic rings. The van der Waals surface area contributed by atoms with Crippen molar-refractivity contribution in [2.24, 2.45) is 0 Å². The summed E-state index contributed by atoms with van der Waals surface area (Å²) in [7, 11) is 0. The Labute approximate surface area is 132 Å². The predicted molar refractivity (Wildman–Crippen MR) is 88.6 cm³/mol. The number of hydrogen-bond donors (Lipinski definition) is 1. The number of fused-ring (bicyclic) bond motifs is 1. The van der Waals surface area contributed by atoms with Gasteiger partial charge in [0, 0.05) is 17.2 Å². The van der Waals surface area contributed by atoms with E-state index in [4.69, 9.17) is 11.6 Å². The molecule has 0 aliphatic heterocycles. The number of nitrogens with zero attached hydrogens (tertiary/aromatic N) is 3. The van der Waals surface area contributed by atoms with Gasteiger partial charge in [-0.15, -0.1) is 11.3 Å². The average Bonchev–Trinajstić information content (AvgIpc) is 2.84. The summed E-state index contributed by atoms with van der Waals surface area (Å²) < 4.78 is 1.14. The van der Waals surface area contributed by atoms with Crippen molar-refractivity contribution in [2.45, 2.75) is 26.2 Å². The van der Waals surface area contributed by atoms with E-state index in [-0.39, 0.29) is 5.41 Å². The molecule has 0 atom stereocenters. The maximum absolute atomic E-state index is 6.10. The molecule has 3 rings (SSSR count). The third kappa shape index (κ3) is 3.14. The molecule has 1 aromatic carbocycles. The van der Waals surface area contributed by atoms with Crippen molar-refractivity contribution >= 4 is 44.7 Å². The second-order valence-corrected chi connectivity index (χ2v) is 7.08. The lowest BCUT2D eigenvalue weighted by Gasteiger charge is -2.17. The minimum Gasteiger partial charge on any atom is -0.340 e. The van der Waals surface area contributed by atoms with Gasteiger partial charge < -0.3 is 5.32 Å². The van der Waals surface area contributed by atoms with Crippen LogP contribution in [0.4, 0.5) is 11.5 Å². The van der Waals surface area contributed by atoms with Gasteiger partial charge in [0.05, 0.1) is 15.7 Å². The number of hydrogen-bond acceptors (Lipinski definition) is 5. The van der Waals surface area contributed by atoms with Crippen LogP contribution in [0, 0.1) is 0 Å². The maximum Gasteiger partial charge on any atom is 0.137 e. The first-order chi connectivity index (χ1) is 9.91. The molecule has 0 spiro atoms. The van der Waals surface area contributed by atoms with E-state index in [1.54, 1.807) is 17.4 Å². The van der Waals surface area contributed by atoms with Gasteiger partial charge >= 0.3 is 0 Å². The predicted octanol–water partition coefficient (Wildman–Crippen LogP) is 4.78. The molecule has 0 fully saturated rings. The highest BCUT2D eigenvalue weighted by Gasteiger charge is 2.18. The number of aromatic nitrogens is 3. The van der Waals surface area contributed by atoms with E-state index >= 15 is 0 Å². The van der Waals surface area contributed by atoms with Crippen LogP contribution < -0.4 is 5.32 Å². The van der Waals surface area contributed by atoms with Crippen molar-refractivity contribution in [1.82, 2.24) is 15.0 Å². The van der Waals surface area contributed by atoms with Gasteiger partial charge in [0.15, 0.2) is 0 Å². The van der Waals surface area contributed by atoms with Crippen LogP contribution in [0.1, 0.15) is 26.6 Å². The fourth-order valence-electron chi connectivity index (χ4n) is 1.90. The van der Waals surface area contributed by atoms with E-state index < -0.39 is 0 Å². The molecule has 0 radical (unpaired) electrons. The summed E-state index contributed by atoms with van der Waals surface area (Å²) in [6.45, 7) is 6.18. The first kappa shape index (κ1) is 14.2. The van der Waals surface area contributed by atoms with Gasteiger partial charge in [0.25, 0.3) is 0 Å². The molecule has 4 nitrogen and oxygen atoms in total. The molecule has 0 aliphatic carbocycles. The van der Waals surface area contributed by atoms with Crippen molar-refractivity contribution in [3.05, 3.63) is 40.8 Å². The normalized spacial score (nSPS) is 11.8. The highest BCUT2D eigenvalue weighted by molar-refractivity contribution is 7.16. The van der Waals surface area contributed by atoms with E-state index in [9.17, 15) is 0 Å². The van der Waals surface area contributed by atoms with Gasteiger partial charge in [-0.2, -0.15) is 0 Å². The Kier molecular flexibility index (Phi) is 3.55. The molecule has 21 heavy (non-hydrogen) atoms. The lowest BCUT2D eigenvalue weighted by atomic mass is 9.96. The summed E-state index contributed by atoms with van der Waals surface area (Å²) in [6, 6.07) is 7.75. The summed E-state index contributed by atoms with van der Waals surface area (Å²) >= 11 is 7.71. The Morgan fingerprint density at radius 1 is 1.14 bits per heavy atom. The third-order valence-electron chi connectivity index (χ3n) is 2.97. The summed E-state index contributed by atoms with van der Waals surface area (Å²) in [5.41, 5.74) is 3.65. The SMILES string of the molecule is CC(C)(C)c1nc(Cl)cc(Nc2ccc3ncsc3c2)n1. The Bertz CT molecular complexity index is 792. The van der Waals surface area contributed by atoms with Gasteiger partial charge in [-0.05, 0) is 18.2 Å². The molecule has 6 heteroatoms. The van der Waals surface area contributed by atoms with Gasteiger partial charge in [0.2, 0.25) is 0 Å². The van der Waals surface area contributed by atoms with Crippen molar-refractivity contribution in [3.8, 4) is 0 Å². The molecule has 0 saturated carbocycles. The number of benzene rings is 1. The standard InChI is InChI=1S/C15H15ClN4S/c1-15(2,3)14-19-12(16)7-13(20-14)18-9-4-5-10-11(6-9)21-8-17-10/h4-8H,1-3H3,(H,18,19,20). The quantitative estimate of drug-likeness (QED) is 0.691. The molecule has 0 amide bonds. The van der Waals surface area contributed by atoms with Crippen LogP contribution in [-0.2, 0) is 5.41 Å². The largest absolute Gasteiger partial charge is 0.340 e. The van der Waals surface area contributed by atoms with E-state index in [1.807, 2.05) is 17.6 Å². The molecular weight excluding hydrogens is 304 g/mol. The fraction of sp³-hybridized carbons (Fsp3) is 0.267. The molecule has 0 aliphatic rings. The van der Waals surface area contributed by atoms with Crippen LogP contribution in [0.2, 0.25) is 5.15 Å². The Morgan fingerprint density at radius 3 is 2.71 bits per heavy atom. The topological polar surface area (TPSA) is 50.7 Å². The van der Waals surface area contributed by atoms with Gasteiger partial charge in [-0.1, -0.05) is 32.4 Å². The summed E-state index contributed by atoms with van der Waals surface area (Å²) in [5, 5.41) is 3.72. The molecule has 2 heterocycles. The highest BCUT2D eigenvalue weighted by Crippen LogP contribution is 2.26. The number of rotatable bonds is 2. The number of thiazole rings is 1. The fourth-order valence-corrected chi connectivity index (χ4v) is 2.80. The lowest BCUT2D eigenvalue weighted by molar-refractivity contribution is 0.546. The number of nitrogens with one attached hydrogen (secondary N) is 1. The van der Waals surface area contributed by atoms with Crippen molar-refractivity contribution in [3.63, 3.8) is 0 Å². The minimum atomic E-state index is -0.150. The molecule has 0 bridgehead atoms. The third-order valence-corrected chi connectivity index (χ3v) is 3.95. The monoisotopic (exact) mass is 318 g/mol. The summed E-state index contributed by atoms with van der Waals surface area (Å²) in [5.74, 6) is 1.42. The van der Waals surface area contributed by atoms with Crippen LogP contribution in [0.3, 0.4) is 0 Å². The van der Waals surface area contributed by atoms with Crippen molar-refractivity contribution in [2.75, 3.05) is 5.32 Å². The molecule has 1 N–H and O–H groups in total. The van der Waals surface area contributed by atoms with Gasteiger partial charge in [-0.25, -0.2) is 15.0 Å². The van der Waals surface area contributed by atoms with Gasteiger partial charge in [-0.3, -0.25) is 0 Å². The van der Waals surface area contributed by atoms with Gasteiger partial charge in [0.1, 0.15) is 16.8 Å². The van der Waals surface area contributed by atoms with Crippen LogP contribution >= 0.6 is 22.9 Å². The maximum atomic E-state index is 6.10. The second-order valence-electron chi connectivity index (χ2n) is 5.81. The van der Waals surface area contributed by atoms with Crippen LogP contribution in [0.5, 0.6) is 0 Å². The molecule has 0 saturated heterocycles. The Balaban J connectivity index is 1.95. The van der Waals surface area contributed by atoms with E-state index in [0.29, 0.717) is 11.0 Å². The summed E-state index contributed by atoms with van der Waals surface area (Å²) in [6.07, 6.45) is 0. The molecule has 0 unspecified atom stereocenters. The molecule has 2 aromatic heterocycles. The smallest absolute Gasteiger partial charge is 0.137 e. The Morgan fingerprint density at radius 2 is 1.95 bits per heavy atom. The van der Waals surface area contributed by atoms with Crippen LogP contribution in [-0.4, -0.2) is 15.0 Å². The molecular formula is C15H15ClN4S. The summed E-state index contributed by atoms with van der Waals surface area (Å²) in [4.78, 5) is 13.1. The molecule has 108 valence electrons. The minimum absolute atomic E-state index is 0.150. The van der Waals surface area contributed by atoms with E-state index in [0.717, 1.165) is 21.7 Å². The Hall–Kier alpha value is -1.72. The zero-order chi connectivity index (χ0) is 15.0. The number of halogens is 1. The van der Waals surface area contributed by atoms with Crippen molar-refractivity contribution < 1.29 is 0 Å². The van der Waals surface area contributed by atoms with E-state index in [2.05, 4.69) is 47.1 Å². The first-order valence-corrected chi connectivity index (χ1v) is 7.83.